The minimum atomic E-state index is -0.581. The van der Waals surface area contributed by atoms with Gasteiger partial charge in [-0.05, 0) is 80.5 Å². The van der Waals surface area contributed by atoms with Crippen molar-refractivity contribution >= 4 is 17.3 Å². The largest absolute Gasteiger partial charge is 0.493 e. The summed E-state index contributed by atoms with van der Waals surface area (Å²) in [7, 11) is 0. The number of azo groups is 1. The van der Waals surface area contributed by atoms with Crippen LogP contribution in [0, 0.1) is 37.0 Å². The molecule has 0 saturated heterocycles. The van der Waals surface area contributed by atoms with Crippen LogP contribution in [0.1, 0.15) is 106 Å². The summed E-state index contributed by atoms with van der Waals surface area (Å²) in [4.78, 5) is 29.4. The third-order valence-electron chi connectivity index (χ3n) is 8.65. The zero-order valence-electron chi connectivity index (χ0n) is 27.8. The van der Waals surface area contributed by atoms with Crippen molar-refractivity contribution < 1.29 is 9.90 Å². The van der Waals surface area contributed by atoms with E-state index in [-0.39, 0.29) is 22.7 Å². The highest BCUT2D eigenvalue weighted by Crippen LogP contribution is 2.29. The van der Waals surface area contributed by atoms with Crippen LogP contribution in [-0.4, -0.2) is 33.6 Å². The first-order chi connectivity index (χ1) is 21.7. The van der Waals surface area contributed by atoms with Gasteiger partial charge in [0.2, 0.25) is 5.88 Å². The van der Waals surface area contributed by atoms with Gasteiger partial charge in [-0.1, -0.05) is 78.4 Å². The number of hydrogen-bond acceptors (Lipinski definition) is 6. The number of hydrogen-bond donors (Lipinski definition) is 1. The first kappa shape index (κ1) is 35.2. The highest BCUT2D eigenvalue weighted by molar-refractivity contribution is 5.94. The van der Waals surface area contributed by atoms with Crippen LogP contribution in [0.25, 0.3) is 5.69 Å². The Labute approximate surface area is 268 Å². The number of unbranched alkanes of at least 4 members (excludes halogenated alkanes) is 2. The number of amides is 1. The Bertz CT molecular complexity index is 1530. The second kappa shape index (κ2) is 17.3. The van der Waals surface area contributed by atoms with Gasteiger partial charge >= 0.3 is 0 Å². The lowest BCUT2D eigenvalue weighted by Crippen LogP contribution is -2.39. The Morgan fingerprint density at radius 2 is 1.53 bits per heavy atom. The summed E-state index contributed by atoms with van der Waals surface area (Å²) in [5.41, 5.74) is 1.98. The summed E-state index contributed by atoms with van der Waals surface area (Å²) in [5, 5.41) is 29.1. The van der Waals surface area contributed by atoms with Crippen molar-refractivity contribution in [3.8, 4) is 17.6 Å². The van der Waals surface area contributed by atoms with Crippen LogP contribution in [0.15, 0.2) is 63.6 Å². The molecule has 1 aromatic heterocycles. The fourth-order valence-electron chi connectivity index (χ4n) is 5.68. The lowest BCUT2D eigenvalue weighted by atomic mass is 9.95. The Balaban J connectivity index is 1.91. The maximum Gasteiger partial charge on any atom is 0.286 e. The molecule has 45 heavy (non-hydrogen) atoms. The maximum atomic E-state index is 13.8. The van der Waals surface area contributed by atoms with E-state index in [2.05, 4.69) is 42.8 Å². The minimum Gasteiger partial charge on any atom is -0.493 e. The molecule has 240 valence electrons. The molecule has 0 saturated carbocycles. The lowest BCUT2D eigenvalue weighted by molar-refractivity contribution is 0.0685. The van der Waals surface area contributed by atoms with E-state index >= 15 is 0 Å². The number of nitrogens with zero attached hydrogens (tertiary/aromatic N) is 5. The number of pyridine rings is 1. The first-order valence-corrected chi connectivity index (χ1v) is 16.5. The highest BCUT2D eigenvalue weighted by Gasteiger charge is 2.23. The fraction of sp³-hybridized carbons (Fsp3) is 0.486. The zero-order chi connectivity index (χ0) is 32.9. The monoisotopic (exact) mass is 611 g/mol. The van der Waals surface area contributed by atoms with Crippen LogP contribution in [0.4, 0.5) is 11.4 Å². The Morgan fingerprint density at radius 3 is 2.04 bits per heavy atom. The second-order valence-corrected chi connectivity index (χ2v) is 12.1. The Hall–Kier alpha value is -4.25. The van der Waals surface area contributed by atoms with Crippen LogP contribution in [0.3, 0.4) is 0 Å². The van der Waals surface area contributed by atoms with E-state index in [1.807, 2.05) is 19.1 Å². The molecule has 0 aliphatic carbocycles. The number of aryl methyl sites for hydroxylation is 1. The first-order valence-electron chi connectivity index (χ1n) is 16.5. The molecule has 3 aromatic rings. The number of aromatic hydroxyl groups is 1. The average molecular weight is 612 g/mol. The van der Waals surface area contributed by atoms with Crippen LogP contribution < -0.4 is 5.56 Å². The quantitative estimate of drug-likeness (QED) is 0.163. The van der Waals surface area contributed by atoms with Crippen molar-refractivity contribution in [1.82, 2.24) is 9.47 Å². The molecule has 1 N–H and O–H groups in total. The predicted octanol–water partition coefficient (Wildman–Crippen LogP) is 9.32. The minimum absolute atomic E-state index is 0.0254. The molecule has 0 aliphatic heterocycles. The van der Waals surface area contributed by atoms with Gasteiger partial charge in [-0.2, -0.15) is 10.4 Å². The standard InChI is InChI=1S/C37H49N5O3/c1-7-11-15-28(9-3)24-41(25-29(10-4)16-12-8-2)35(43)30-18-20-31(21-19-30)39-40-34-27(6)33(23-38)36(44)42(37(34)45)32-17-13-14-26(5)22-32/h13-14,17-22,28-29,44H,7-12,15-16,24-25H2,1-6H3. The molecule has 0 spiro atoms. The number of nitriles is 1. The molecule has 8 nitrogen and oxygen atoms in total. The van der Waals surface area contributed by atoms with Crippen molar-refractivity contribution in [1.29, 1.82) is 5.26 Å². The highest BCUT2D eigenvalue weighted by atomic mass is 16.3. The van der Waals surface area contributed by atoms with E-state index in [4.69, 9.17) is 0 Å². The summed E-state index contributed by atoms with van der Waals surface area (Å²) < 4.78 is 1.08. The second-order valence-electron chi connectivity index (χ2n) is 12.1. The van der Waals surface area contributed by atoms with E-state index < -0.39 is 11.4 Å². The van der Waals surface area contributed by atoms with Gasteiger partial charge in [0.1, 0.15) is 11.6 Å². The van der Waals surface area contributed by atoms with Gasteiger partial charge in [0.15, 0.2) is 5.69 Å². The van der Waals surface area contributed by atoms with E-state index in [0.29, 0.717) is 28.8 Å². The number of carbonyl (C=O) groups excluding carboxylic acids is 1. The molecule has 2 atom stereocenters. The number of aromatic nitrogens is 1. The Morgan fingerprint density at radius 1 is 0.933 bits per heavy atom. The maximum absolute atomic E-state index is 13.8. The van der Waals surface area contributed by atoms with Gasteiger partial charge in [-0.15, -0.1) is 5.11 Å². The number of rotatable bonds is 16. The summed E-state index contributed by atoms with van der Waals surface area (Å²) in [5.74, 6) is 0.539. The van der Waals surface area contributed by atoms with Gasteiger partial charge in [0.25, 0.3) is 11.5 Å². The topological polar surface area (TPSA) is 111 Å². The molecule has 2 aromatic carbocycles. The molecular weight excluding hydrogens is 562 g/mol. The van der Waals surface area contributed by atoms with Gasteiger partial charge in [0.05, 0.1) is 11.4 Å². The van der Waals surface area contributed by atoms with Gasteiger partial charge in [0, 0.05) is 24.2 Å². The van der Waals surface area contributed by atoms with Crippen molar-refractivity contribution in [3.05, 3.63) is 81.1 Å². The number of carbonyl (C=O) groups is 1. The third kappa shape index (κ3) is 9.13. The van der Waals surface area contributed by atoms with Crippen LogP contribution in [0.5, 0.6) is 5.88 Å². The van der Waals surface area contributed by atoms with Gasteiger partial charge in [-0.25, -0.2) is 4.57 Å². The molecule has 0 aliphatic rings. The van der Waals surface area contributed by atoms with Crippen LogP contribution in [-0.2, 0) is 0 Å². The van der Waals surface area contributed by atoms with Gasteiger partial charge in [-0.3, -0.25) is 9.59 Å². The number of benzene rings is 2. The van der Waals surface area contributed by atoms with E-state index in [1.54, 1.807) is 49.4 Å². The van der Waals surface area contributed by atoms with E-state index in [1.165, 1.54) is 12.8 Å². The molecule has 2 unspecified atom stereocenters. The van der Waals surface area contributed by atoms with E-state index in [9.17, 15) is 20.0 Å². The molecule has 1 amide bonds. The fourth-order valence-corrected chi connectivity index (χ4v) is 5.68. The lowest BCUT2D eigenvalue weighted by Gasteiger charge is -2.31. The van der Waals surface area contributed by atoms with Crippen molar-refractivity contribution in [2.45, 2.75) is 92.9 Å². The summed E-state index contributed by atoms with van der Waals surface area (Å²) in [6.07, 6.45) is 8.97. The molecule has 0 fully saturated rings. The zero-order valence-corrected chi connectivity index (χ0v) is 27.8. The van der Waals surface area contributed by atoms with Crippen molar-refractivity contribution in [3.63, 3.8) is 0 Å². The normalized spacial score (nSPS) is 12.6. The smallest absolute Gasteiger partial charge is 0.286 e. The Kier molecular flexibility index (Phi) is 13.5. The molecular formula is C37H49N5O3. The molecule has 1 heterocycles. The predicted molar refractivity (Wildman–Crippen MR) is 181 cm³/mol. The van der Waals surface area contributed by atoms with Crippen molar-refractivity contribution in [2.24, 2.45) is 22.1 Å². The molecule has 8 heteroatoms. The third-order valence-corrected chi connectivity index (χ3v) is 8.65. The van der Waals surface area contributed by atoms with Crippen LogP contribution in [0.2, 0.25) is 0 Å². The summed E-state index contributed by atoms with van der Waals surface area (Å²) >= 11 is 0. The van der Waals surface area contributed by atoms with Crippen molar-refractivity contribution in [2.75, 3.05) is 13.1 Å². The van der Waals surface area contributed by atoms with Crippen LogP contribution >= 0.6 is 0 Å². The summed E-state index contributed by atoms with van der Waals surface area (Å²) in [6, 6.07) is 16.0. The molecule has 0 bridgehead atoms. The van der Waals surface area contributed by atoms with Gasteiger partial charge < -0.3 is 10.0 Å². The average Bonchev–Trinajstić information content (AvgIpc) is 3.04. The molecule has 3 rings (SSSR count). The SMILES string of the molecule is CCCCC(CC)CN(CC(CC)CCCC)C(=O)c1ccc(N=Nc2c(C)c(C#N)c(O)n(-c3cccc(C)c3)c2=O)cc1. The molecule has 0 radical (unpaired) electrons. The van der Waals surface area contributed by atoms with E-state index in [0.717, 1.165) is 61.7 Å². The summed E-state index contributed by atoms with van der Waals surface area (Å²) in [6.45, 7) is 13.8.